The maximum Gasteiger partial charge on any atom is 0.303 e. The van der Waals surface area contributed by atoms with Gasteiger partial charge in [0, 0.05) is 26.4 Å². The van der Waals surface area contributed by atoms with Gasteiger partial charge in [0.15, 0.2) is 0 Å². The number of carboxylic acid groups (broad SMARTS) is 1. The minimum absolute atomic E-state index is 0.0619. The van der Waals surface area contributed by atoms with E-state index in [9.17, 15) is 9.59 Å². The van der Waals surface area contributed by atoms with Gasteiger partial charge in [0.25, 0.3) is 0 Å². The molecule has 104 valence electrons. The Morgan fingerprint density at radius 2 is 2.00 bits per heavy atom. The Morgan fingerprint density at radius 3 is 2.63 bits per heavy atom. The third-order valence-electron chi connectivity index (χ3n) is 3.02. The van der Waals surface area contributed by atoms with Gasteiger partial charge in [-0.1, -0.05) is 29.8 Å². The highest BCUT2D eigenvalue weighted by Crippen LogP contribution is 2.07. The molecule has 0 heterocycles. The second-order valence-electron chi connectivity index (χ2n) is 4.80. The van der Waals surface area contributed by atoms with E-state index < -0.39 is 5.97 Å². The fourth-order valence-corrected chi connectivity index (χ4v) is 1.90. The van der Waals surface area contributed by atoms with E-state index in [0.717, 1.165) is 12.0 Å². The number of rotatable bonds is 7. The molecule has 1 rings (SSSR count). The molecule has 0 atom stereocenters. The third-order valence-corrected chi connectivity index (χ3v) is 3.02. The first kappa shape index (κ1) is 15.2. The van der Waals surface area contributed by atoms with Crippen molar-refractivity contribution in [2.24, 2.45) is 0 Å². The number of aryl methyl sites for hydroxylation is 2. The SMILES string of the molecule is Cc1cccc(CCC(=O)N(C)CCCC(=O)O)c1. The highest BCUT2D eigenvalue weighted by Gasteiger charge is 2.09. The molecule has 0 radical (unpaired) electrons. The van der Waals surface area contributed by atoms with E-state index in [0.29, 0.717) is 19.4 Å². The van der Waals surface area contributed by atoms with Crippen LogP contribution in [0.25, 0.3) is 0 Å². The molecule has 0 aliphatic heterocycles. The Bertz CT molecular complexity index is 443. The zero-order valence-electron chi connectivity index (χ0n) is 11.6. The van der Waals surface area contributed by atoms with Crippen LogP contribution in [0, 0.1) is 6.92 Å². The molecule has 0 saturated carbocycles. The molecule has 0 bridgehead atoms. The third kappa shape index (κ3) is 6.04. The average Bonchev–Trinajstić information content (AvgIpc) is 2.35. The Morgan fingerprint density at radius 1 is 1.26 bits per heavy atom. The lowest BCUT2D eigenvalue weighted by Crippen LogP contribution is -2.28. The lowest BCUT2D eigenvalue weighted by molar-refractivity contribution is -0.138. The Kier molecular flexibility index (Phi) is 6.06. The number of hydrogen-bond donors (Lipinski definition) is 1. The van der Waals surface area contributed by atoms with Gasteiger partial charge in [-0.05, 0) is 25.3 Å². The van der Waals surface area contributed by atoms with Crippen molar-refractivity contribution in [2.75, 3.05) is 13.6 Å². The summed E-state index contributed by atoms with van der Waals surface area (Å²) in [4.78, 5) is 23.9. The number of benzene rings is 1. The van der Waals surface area contributed by atoms with Gasteiger partial charge in [0.1, 0.15) is 0 Å². The predicted octanol–water partition coefficient (Wildman–Crippen LogP) is 2.25. The molecule has 1 aromatic carbocycles. The Labute approximate surface area is 114 Å². The van der Waals surface area contributed by atoms with Crippen molar-refractivity contribution in [1.29, 1.82) is 0 Å². The summed E-state index contributed by atoms with van der Waals surface area (Å²) in [5.41, 5.74) is 2.35. The fourth-order valence-electron chi connectivity index (χ4n) is 1.90. The van der Waals surface area contributed by atoms with Crippen molar-refractivity contribution in [3.8, 4) is 0 Å². The van der Waals surface area contributed by atoms with Gasteiger partial charge in [-0.25, -0.2) is 0 Å². The van der Waals surface area contributed by atoms with E-state index in [4.69, 9.17) is 5.11 Å². The van der Waals surface area contributed by atoms with Gasteiger partial charge in [0.05, 0.1) is 0 Å². The fraction of sp³-hybridized carbons (Fsp3) is 0.467. The molecule has 0 aliphatic rings. The maximum atomic E-state index is 11.9. The molecule has 0 aliphatic carbocycles. The quantitative estimate of drug-likeness (QED) is 0.821. The van der Waals surface area contributed by atoms with Gasteiger partial charge in [0.2, 0.25) is 5.91 Å². The van der Waals surface area contributed by atoms with Crippen LogP contribution in [0.3, 0.4) is 0 Å². The lowest BCUT2D eigenvalue weighted by Gasteiger charge is -2.16. The smallest absolute Gasteiger partial charge is 0.303 e. The van der Waals surface area contributed by atoms with Gasteiger partial charge in [-0.3, -0.25) is 9.59 Å². The molecule has 4 heteroatoms. The monoisotopic (exact) mass is 263 g/mol. The van der Waals surface area contributed by atoms with Crippen LogP contribution in [0.2, 0.25) is 0 Å². The number of aliphatic carboxylic acids is 1. The van der Waals surface area contributed by atoms with Crippen molar-refractivity contribution in [2.45, 2.75) is 32.6 Å². The zero-order valence-corrected chi connectivity index (χ0v) is 11.6. The molecule has 0 saturated heterocycles. The lowest BCUT2D eigenvalue weighted by atomic mass is 10.1. The highest BCUT2D eigenvalue weighted by atomic mass is 16.4. The van der Waals surface area contributed by atoms with E-state index in [1.165, 1.54) is 5.56 Å². The summed E-state index contributed by atoms with van der Waals surface area (Å²) in [5, 5.41) is 8.54. The van der Waals surface area contributed by atoms with Crippen LogP contribution in [0.1, 0.15) is 30.4 Å². The predicted molar refractivity (Wildman–Crippen MR) is 74.0 cm³/mol. The molecule has 0 spiro atoms. The number of carbonyl (C=O) groups is 2. The van der Waals surface area contributed by atoms with E-state index in [-0.39, 0.29) is 12.3 Å². The topological polar surface area (TPSA) is 57.6 Å². The first-order valence-electron chi connectivity index (χ1n) is 6.50. The van der Waals surface area contributed by atoms with Crippen molar-refractivity contribution < 1.29 is 14.7 Å². The molecule has 1 amide bonds. The van der Waals surface area contributed by atoms with E-state index in [1.54, 1.807) is 11.9 Å². The van der Waals surface area contributed by atoms with Crippen LogP contribution in [-0.2, 0) is 16.0 Å². The molecule has 0 fully saturated rings. The maximum absolute atomic E-state index is 11.9. The second kappa shape index (κ2) is 7.56. The van der Waals surface area contributed by atoms with Crippen LogP contribution >= 0.6 is 0 Å². The van der Waals surface area contributed by atoms with Gasteiger partial charge in [-0.2, -0.15) is 0 Å². The molecular formula is C15H21NO3. The molecule has 1 N–H and O–H groups in total. The summed E-state index contributed by atoms with van der Waals surface area (Å²) in [6, 6.07) is 8.12. The highest BCUT2D eigenvalue weighted by molar-refractivity contribution is 5.76. The zero-order chi connectivity index (χ0) is 14.3. The van der Waals surface area contributed by atoms with Gasteiger partial charge < -0.3 is 10.0 Å². The molecule has 19 heavy (non-hydrogen) atoms. The minimum Gasteiger partial charge on any atom is -0.481 e. The summed E-state index contributed by atoms with van der Waals surface area (Å²) in [5.74, 6) is -0.757. The standard InChI is InChI=1S/C15H21NO3/c1-12-5-3-6-13(11-12)8-9-14(17)16(2)10-4-7-15(18)19/h3,5-6,11H,4,7-10H2,1-2H3,(H,18,19). The molecule has 1 aromatic rings. The van der Waals surface area contributed by atoms with Gasteiger partial charge in [-0.15, -0.1) is 0 Å². The summed E-state index contributed by atoms with van der Waals surface area (Å²) in [6.07, 6.45) is 1.80. The molecule has 0 aromatic heterocycles. The summed E-state index contributed by atoms with van der Waals surface area (Å²) < 4.78 is 0. The molecule has 0 unspecified atom stereocenters. The normalized spacial score (nSPS) is 10.2. The largest absolute Gasteiger partial charge is 0.481 e. The van der Waals surface area contributed by atoms with Crippen LogP contribution in [0.15, 0.2) is 24.3 Å². The van der Waals surface area contributed by atoms with Crippen molar-refractivity contribution >= 4 is 11.9 Å². The second-order valence-corrected chi connectivity index (χ2v) is 4.80. The summed E-state index contributed by atoms with van der Waals surface area (Å²) in [6.45, 7) is 2.53. The Hall–Kier alpha value is -1.84. The first-order valence-corrected chi connectivity index (χ1v) is 6.50. The summed E-state index contributed by atoms with van der Waals surface area (Å²) in [7, 11) is 1.72. The Balaban J connectivity index is 2.32. The molecular weight excluding hydrogens is 242 g/mol. The summed E-state index contributed by atoms with van der Waals surface area (Å²) >= 11 is 0. The number of carboxylic acids is 1. The van der Waals surface area contributed by atoms with Crippen LogP contribution < -0.4 is 0 Å². The van der Waals surface area contributed by atoms with Crippen molar-refractivity contribution in [1.82, 2.24) is 4.90 Å². The number of hydrogen-bond acceptors (Lipinski definition) is 2. The van der Waals surface area contributed by atoms with Crippen LogP contribution in [0.5, 0.6) is 0 Å². The van der Waals surface area contributed by atoms with Crippen LogP contribution in [0.4, 0.5) is 0 Å². The molecule has 4 nitrogen and oxygen atoms in total. The van der Waals surface area contributed by atoms with Gasteiger partial charge >= 0.3 is 5.97 Å². The van der Waals surface area contributed by atoms with Crippen molar-refractivity contribution in [3.63, 3.8) is 0 Å². The minimum atomic E-state index is -0.819. The number of carbonyl (C=O) groups excluding carboxylic acids is 1. The van der Waals surface area contributed by atoms with Crippen molar-refractivity contribution in [3.05, 3.63) is 35.4 Å². The average molecular weight is 263 g/mol. The van der Waals surface area contributed by atoms with E-state index in [2.05, 4.69) is 6.07 Å². The van der Waals surface area contributed by atoms with E-state index in [1.807, 2.05) is 25.1 Å². The first-order chi connectivity index (χ1) is 8.99. The van der Waals surface area contributed by atoms with E-state index >= 15 is 0 Å². The number of amides is 1. The number of nitrogens with zero attached hydrogens (tertiary/aromatic N) is 1. The van der Waals surface area contributed by atoms with Crippen LogP contribution in [-0.4, -0.2) is 35.5 Å².